The van der Waals surface area contributed by atoms with Gasteiger partial charge >= 0.3 is 11.9 Å². The molecule has 4 saturated carbocycles. The molecule has 164 valence electrons. The molecule has 5 unspecified atom stereocenters. The molecule has 0 aromatic rings. The maximum Gasteiger partial charge on any atom is 0.302 e. The molecule has 0 aromatic heterocycles. The summed E-state index contributed by atoms with van der Waals surface area (Å²) in [5, 5.41) is 0. The first-order valence-corrected chi connectivity index (χ1v) is 11.4. The lowest BCUT2D eigenvalue weighted by molar-refractivity contribution is -0.170. The van der Waals surface area contributed by atoms with Crippen LogP contribution in [0.4, 0.5) is 0 Å². The molecule has 6 heteroatoms. The number of esters is 2. The van der Waals surface area contributed by atoms with Crippen LogP contribution in [0.25, 0.3) is 0 Å². The van der Waals surface area contributed by atoms with E-state index in [0.29, 0.717) is 23.7 Å². The monoisotopic (exact) mass is 406 g/mol. The first-order chi connectivity index (χ1) is 13.6. The number of fused-ring (bicyclic) bond motifs is 5. The van der Waals surface area contributed by atoms with Crippen LogP contribution >= 0.6 is 0 Å². The van der Waals surface area contributed by atoms with E-state index in [-0.39, 0.29) is 47.1 Å². The minimum atomic E-state index is -0.229. The number of carbonyl (C=O) groups excluding carboxylic acids is 2. The molecule has 4 aliphatic carbocycles. The Hall–Kier alpha value is -1.14. The van der Waals surface area contributed by atoms with Gasteiger partial charge in [0.1, 0.15) is 12.2 Å². The fraction of sp³-hybridized carbons (Fsp3) is 0.913. The van der Waals surface area contributed by atoms with Crippen molar-refractivity contribution >= 4 is 11.9 Å². The summed E-state index contributed by atoms with van der Waals surface area (Å²) in [5.74, 6) is 1.83. The fourth-order valence-electron chi connectivity index (χ4n) is 8.13. The SMILES string of the molecule is CC(=O)OC1CC2CC[C@@H]3[C@@H](CC[C@]4(C)C(OC(C)=O)C(N)C[C@@H]34)[C@@]2(C)CC1N. The molecule has 0 aromatic carbocycles. The summed E-state index contributed by atoms with van der Waals surface area (Å²) in [6.07, 6.45) is 6.96. The second-order valence-electron chi connectivity index (χ2n) is 10.9. The Balaban J connectivity index is 1.56. The van der Waals surface area contributed by atoms with Crippen LogP contribution in [0.5, 0.6) is 0 Å². The third-order valence-corrected chi connectivity index (χ3v) is 9.35. The predicted octanol–water partition coefficient (Wildman–Crippen LogP) is 2.77. The second-order valence-corrected chi connectivity index (χ2v) is 10.9. The molecule has 4 aliphatic rings. The summed E-state index contributed by atoms with van der Waals surface area (Å²) in [6.45, 7) is 7.69. The van der Waals surface area contributed by atoms with Crippen molar-refractivity contribution in [3.8, 4) is 0 Å². The summed E-state index contributed by atoms with van der Waals surface area (Å²) in [4.78, 5) is 23.2. The van der Waals surface area contributed by atoms with Gasteiger partial charge in [0.05, 0.1) is 0 Å². The maximum absolute atomic E-state index is 11.7. The highest BCUT2D eigenvalue weighted by Gasteiger charge is 2.63. The average molecular weight is 407 g/mol. The Morgan fingerprint density at radius 2 is 1.55 bits per heavy atom. The van der Waals surface area contributed by atoms with Crippen molar-refractivity contribution < 1.29 is 19.1 Å². The van der Waals surface area contributed by atoms with E-state index in [4.69, 9.17) is 20.9 Å². The van der Waals surface area contributed by atoms with E-state index in [1.165, 1.54) is 20.3 Å². The third kappa shape index (κ3) is 3.31. The van der Waals surface area contributed by atoms with Gasteiger partial charge in [-0.3, -0.25) is 9.59 Å². The highest BCUT2D eigenvalue weighted by atomic mass is 16.5. The summed E-state index contributed by atoms with van der Waals surface area (Å²) in [7, 11) is 0. The maximum atomic E-state index is 11.7. The van der Waals surface area contributed by atoms with Crippen molar-refractivity contribution in [3.63, 3.8) is 0 Å². The van der Waals surface area contributed by atoms with Gasteiger partial charge in [-0.25, -0.2) is 0 Å². The summed E-state index contributed by atoms with van der Waals surface area (Å²) in [6, 6.07) is -0.160. The van der Waals surface area contributed by atoms with Gasteiger partial charge in [-0.05, 0) is 74.0 Å². The van der Waals surface area contributed by atoms with E-state index >= 15 is 0 Å². The first-order valence-electron chi connectivity index (χ1n) is 11.4. The molecule has 10 atom stereocenters. The zero-order valence-electron chi connectivity index (χ0n) is 18.4. The standard InChI is InChI=1S/C23H38N2O4/c1-12(26)28-20-9-14-5-6-15-16(23(14,4)11-19(20)25)7-8-22(3)17(15)10-18(24)21(22)29-13(2)27/h14-21H,5-11,24-25H2,1-4H3/t14?,15-,16-,17+,18?,19?,20?,21?,22+,23+/m1/s1. The number of rotatable bonds is 2. The second kappa shape index (κ2) is 7.23. The van der Waals surface area contributed by atoms with E-state index in [0.717, 1.165) is 38.5 Å². The summed E-state index contributed by atoms with van der Waals surface area (Å²) in [5.41, 5.74) is 13.2. The fourth-order valence-corrected chi connectivity index (χ4v) is 8.13. The Morgan fingerprint density at radius 1 is 0.862 bits per heavy atom. The van der Waals surface area contributed by atoms with Crippen LogP contribution in [-0.2, 0) is 19.1 Å². The molecule has 0 radical (unpaired) electrons. The van der Waals surface area contributed by atoms with Crippen molar-refractivity contribution in [1.82, 2.24) is 0 Å². The third-order valence-electron chi connectivity index (χ3n) is 9.35. The topological polar surface area (TPSA) is 105 Å². The molecule has 0 amide bonds. The zero-order valence-corrected chi connectivity index (χ0v) is 18.4. The van der Waals surface area contributed by atoms with Gasteiger partial charge in [0, 0.05) is 31.3 Å². The molecule has 4 N–H and O–H groups in total. The highest BCUT2D eigenvalue weighted by Crippen LogP contribution is 2.66. The quantitative estimate of drug-likeness (QED) is 0.683. The molecule has 0 bridgehead atoms. The van der Waals surface area contributed by atoms with Crippen molar-refractivity contribution in [2.45, 2.75) is 96.9 Å². The number of carbonyl (C=O) groups is 2. The molecular formula is C23H38N2O4. The Kier molecular flexibility index (Phi) is 5.26. The Bertz CT molecular complexity index is 684. The van der Waals surface area contributed by atoms with Gasteiger partial charge in [0.15, 0.2) is 0 Å². The van der Waals surface area contributed by atoms with Gasteiger partial charge in [0.2, 0.25) is 0 Å². The molecule has 4 fully saturated rings. The van der Waals surface area contributed by atoms with Gasteiger partial charge in [0.25, 0.3) is 0 Å². The molecule has 6 nitrogen and oxygen atoms in total. The Morgan fingerprint density at radius 3 is 2.21 bits per heavy atom. The molecule has 4 rings (SSSR count). The average Bonchev–Trinajstić information content (AvgIpc) is 2.86. The predicted molar refractivity (Wildman–Crippen MR) is 110 cm³/mol. The first kappa shape index (κ1) is 21.1. The van der Waals surface area contributed by atoms with E-state index in [1.807, 2.05) is 0 Å². The van der Waals surface area contributed by atoms with Crippen LogP contribution in [0.3, 0.4) is 0 Å². The number of ether oxygens (including phenoxy) is 2. The van der Waals surface area contributed by atoms with Gasteiger partial charge < -0.3 is 20.9 Å². The van der Waals surface area contributed by atoms with Crippen molar-refractivity contribution in [1.29, 1.82) is 0 Å². The summed E-state index contributed by atoms with van der Waals surface area (Å²) >= 11 is 0. The van der Waals surface area contributed by atoms with Crippen LogP contribution < -0.4 is 11.5 Å². The number of hydrogen-bond donors (Lipinski definition) is 2. The van der Waals surface area contributed by atoms with Gasteiger partial charge in [-0.1, -0.05) is 13.8 Å². The van der Waals surface area contributed by atoms with E-state index < -0.39 is 0 Å². The molecule has 0 heterocycles. The minimum absolute atomic E-state index is 0.0213. The van der Waals surface area contributed by atoms with E-state index in [1.54, 1.807) is 0 Å². The lowest BCUT2D eigenvalue weighted by atomic mass is 9.44. The number of nitrogens with two attached hydrogens (primary N) is 2. The van der Waals surface area contributed by atoms with E-state index in [9.17, 15) is 9.59 Å². The largest absolute Gasteiger partial charge is 0.461 e. The highest BCUT2D eigenvalue weighted by molar-refractivity contribution is 5.66. The minimum Gasteiger partial charge on any atom is -0.461 e. The van der Waals surface area contributed by atoms with Crippen LogP contribution in [-0.4, -0.2) is 36.2 Å². The van der Waals surface area contributed by atoms with Crippen molar-refractivity contribution in [3.05, 3.63) is 0 Å². The van der Waals surface area contributed by atoms with Crippen molar-refractivity contribution in [2.24, 2.45) is 46.0 Å². The zero-order chi connectivity index (χ0) is 21.1. The number of hydrogen-bond acceptors (Lipinski definition) is 6. The smallest absolute Gasteiger partial charge is 0.302 e. The van der Waals surface area contributed by atoms with Gasteiger partial charge in [-0.15, -0.1) is 0 Å². The molecule has 0 saturated heterocycles. The summed E-state index contributed by atoms with van der Waals surface area (Å²) < 4.78 is 11.3. The van der Waals surface area contributed by atoms with Crippen molar-refractivity contribution in [2.75, 3.05) is 0 Å². The lowest BCUT2D eigenvalue weighted by Crippen LogP contribution is -2.59. The van der Waals surface area contributed by atoms with Crippen LogP contribution in [0, 0.1) is 34.5 Å². The van der Waals surface area contributed by atoms with Crippen LogP contribution in [0.15, 0.2) is 0 Å². The molecule has 0 aliphatic heterocycles. The normalized spacial score (nSPS) is 51.4. The molecular weight excluding hydrogens is 368 g/mol. The lowest BCUT2D eigenvalue weighted by Gasteiger charge is -2.61. The van der Waals surface area contributed by atoms with E-state index in [2.05, 4.69) is 13.8 Å². The van der Waals surface area contributed by atoms with Crippen LogP contribution in [0.1, 0.15) is 72.6 Å². The molecule has 29 heavy (non-hydrogen) atoms. The van der Waals surface area contributed by atoms with Gasteiger partial charge in [-0.2, -0.15) is 0 Å². The molecule has 0 spiro atoms. The van der Waals surface area contributed by atoms with Crippen LogP contribution in [0.2, 0.25) is 0 Å². The Labute approximate surface area is 174 Å².